The van der Waals surface area contributed by atoms with Crippen LogP contribution in [0.2, 0.25) is 0 Å². The van der Waals surface area contributed by atoms with Crippen molar-refractivity contribution < 1.29 is 0 Å². The van der Waals surface area contributed by atoms with Crippen molar-refractivity contribution in [3.63, 3.8) is 0 Å². The first-order chi connectivity index (χ1) is 8.47. The van der Waals surface area contributed by atoms with Gasteiger partial charge in [0.25, 0.3) is 0 Å². The summed E-state index contributed by atoms with van der Waals surface area (Å²) in [7, 11) is 0. The fourth-order valence-electron chi connectivity index (χ4n) is 2.41. The third-order valence-corrected chi connectivity index (χ3v) is 5.36. The molecule has 0 radical (unpaired) electrons. The van der Waals surface area contributed by atoms with Crippen LogP contribution in [0.3, 0.4) is 0 Å². The quantitative estimate of drug-likeness (QED) is 0.904. The first-order valence-electron chi connectivity index (χ1n) is 6.62. The maximum Gasteiger partial charge on any atom is 0.143 e. The second kappa shape index (κ2) is 5.08. The number of hydrogen-bond donors (Lipinski definition) is 1. The summed E-state index contributed by atoms with van der Waals surface area (Å²) in [6.07, 6.45) is 5.50. The van der Waals surface area contributed by atoms with Crippen molar-refractivity contribution in [1.82, 2.24) is 4.98 Å². The SMILES string of the molecule is CCC1(C)CCN(c2ncc(N)c(C)c2Br)CC1. The molecule has 3 nitrogen and oxygen atoms in total. The summed E-state index contributed by atoms with van der Waals surface area (Å²) < 4.78 is 1.04. The molecule has 0 amide bonds. The van der Waals surface area contributed by atoms with E-state index in [2.05, 4.69) is 39.7 Å². The van der Waals surface area contributed by atoms with Crippen molar-refractivity contribution in [2.45, 2.75) is 40.0 Å². The minimum atomic E-state index is 0.506. The van der Waals surface area contributed by atoms with E-state index >= 15 is 0 Å². The molecule has 1 fully saturated rings. The molecule has 1 saturated heterocycles. The first-order valence-corrected chi connectivity index (χ1v) is 7.41. The minimum absolute atomic E-state index is 0.506. The van der Waals surface area contributed by atoms with E-state index < -0.39 is 0 Å². The lowest BCUT2D eigenvalue weighted by Gasteiger charge is -2.39. The number of nitrogens with two attached hydrogens (primary N) is 1. The Morgan fingerprint density at radius 1 is 1.44 bits per heavy atom. The normalized spacial score (nSPS) is 19.0. The topological polar surface area (TPSA) is 42.2 Å². The van der Waals surface area contributed by atoms with Gasteiger partial charge >= 0.3 is 0 Å². The number of nitrogen functional groups attached to an aromatic ring is 1. The summed E-state index contributed by atoms with van der Waals surface area (Å²) in [4.78, 5) is 6.86. The Kier molecular flexibility index (Phi) is 3.85. The van der Waals surface area contributed by atoms with E-state index in [1.54, 1.807) is 6.20 Å². The number of hydrogen-bond acceptors (Lipinski definition) is 3. The van der Waals surface area contributed by atoms with Gasteiger partial charge in [-0.15, -0.1) is 0 Å². The molecule has 1 aliphatic heterocycles. The average molecular weight is 312 g/mol. The highest BCUT2D eigenvalue weighted by atomic mass is 79.9. The number of pyridine rings is 1. The third kappa shape index (κ3) is 2.48. The van der Waals surface area contributed by atoms with Crippen LogP contribution < -0.4 is 10.6 Å². The summed E-state index contributed by atoms with van der Waals surface area (Å²) in [5, 5.41) is 0. The summed E-state index contributed by atoms with van der Waals surface area (Å²) in [5.74, 6) is 1.04. The van der Waals surface area contributed by atoms with Gasteiger partial charge in [0.05, 0.1) is 16.4 Å². The maximum atomic E-state index is 5.87. The second-order valence-electron chi connectivity index (χ2n) is 5.63. The third-order valence-electron chi connectivity index (χ3n) is 4.41. The molecule has 18 heavy (non-hydrogen) atoms. The molecule has 100 valence electrons. The molecule has 0 spiro atoms. The first kappa shape index (κ1) is 13.7. The van der Waals surface area contributed by atoms with Crippen LogP contribution in [0.1, 0.15) is 38.7 Å². The zero-order valence-corrected chi connectivity index (χ0v) is 13.0. The number of nitrogens with zero attached hydrogens (tertiary/aromatic N) is 2. The van der Waals surface area contributed by atoms with Gasteiger partial charge in [-0.05, 0) is 46.7 Å². The predicted molar refractivity (Wildman–Crippen MR) is 80.9 cm³/mol. The molecular formula is C14H22BrN3. The van der Waals surface area contributed by atoms with Crippen molar-refractivity contribution >= 4 is 27.4 Å². The molecule has 1 aromatic rings. The summed E-state index contributed by atoms with van der Waals surface area (Å²) in [5.41, 5.74) is 8.22. The largest absolute Gasteiger partial charge is 0.397 e. The minimum Gasteiger partial charge on any atom is -0.397 e. The molecule has 2 rings (SSSR count). The number of aromatic nitrogens is 1. The van der Waals surface area contributed by atoms with Crippen LogP contribution in [0.4, 0.5) is 11.5 Å². The molecule has 0 aliphatic carbocycles. The zero-order valence-electron chi connectivity index (χ0n) is 11.5. The van der Waals surface area contributed by atoms with Gasteiger partial charge in [-0.3, -0.25) is 0 Å². The predicted octanol–water partition coefficient (Wildman–Crippen LogP) is 3.75. The standard InChI is InChI=1S/C14H22BrN3/c1-4-14(3)5-7-18(8-6-14)13-12(15)10(2)11(16)9-17-13/h9H,4-8,16H2,1-3H3. The van der Waals surface area contributed by atoms with E-state index in [-0.39, 0.29) is 0 Å². The Labute approximate surface area is 118 Å². The van der Waals surface area contributed by atoms with Gasteiger partial charge in [-0.1, -0.05) is 20.3 Å². The van der Waals surface area contributed by atoms with Crippen molar-refractivity contribution in [1.29, 1.82) is 0 Å². The lowest BCUT2D eigenvalue weighted by Crippen LogP contribution is -2.39. The van der Waals surface area contributed by atoms with Crippen molar-refractivity contribution in [2.75, 3.05) is 23.7 Å². The van der Waals surface area contributed by atoms with Crippen molar-refractivity contribution in [2.24, 2.45) is 5.41 Å². The molecule has 2 heterocycles. The van der Waals surface area contributed by atoms with Crippen LogP contribution in [0, 0.1) is 12.3 Å². The van der Waals surface area contributed by atoms with Crippen LogP contribution >= 0.6 is 15.9 Å². The molecule has 1 aliphatic rings. The average Bonchev–Trinajstić information content (AvgIpc) is 2.38. The highest BCUT2D eigenvalue weighted by Gasteiger charge is 2.29. The number of halogens is 1. The van der Waals surface area contributed by atoms with Gasteiger partial charge < -0.3 is 10.6 Å². The number of anilines is 2. The lowest BCUT2D eigenvalue weighted by atomic mass is 9.78. The molecular weight excluding hydrogens is 290 g/mol. The van der Waals surface area contributed by atoms with Crippen molar-refractivity contribution in [3.05, 3.63) is 16.2 Å². The second-order valence-corrected chi connectivity index (χ2v) is 6.42. The molecule has 0 saturated carbocycles. The van der Waals surface area contributed by atoms with Crippen LogP contribution in [0.15, 0.2) is 10.7 Å². The lowest BCUT2D eigenvalue weighted by molar-refractivity contribution is 0.237. The van der Waals surface area contributed by atoms with E-state index in [0.717, 1.165) is 34.6 Å². The molecule has 1 aromatic heterocycles. The van der Waals surface area contributed by atoms with E-state index in [9.17, 15) is 0 Å². The summed E-state index contributed by atoms with van der Waals surface area (Å²) in [6, 6.07) is 0. The molecule has 0 aromatic carbocycles. The number of rotatable bonds is 2. The van der Waals surface area contributed by atoms with E-state index in [0.29, 0.717) is 5.41 Å². The van der Waals surface area contributed by atoms with Gasteiger partial charge in [-0.25, -0.2) is 4.98 Å². The van der Waals surface area contributed by atoms with E-state index in [4.69, 9.17) is 5.73 Å². The molecule has 0 atom stereocenters. The smallest absolute Gasteiger partial charge is 0.143 e. The van der Waals surface area contributed by atoms with Gasteiger partial charge in [-0.2, -0.15) is 0 Å². The van der Waals surface area contributed by atoms with Crippen LogP contribution in [0.5, 0.6) is 0 Å². The van der Waals surface area contributed by atoms with Gasteiger partial charge in [0.15, 0.2) is 0 Å². The molecule has 2 N–H and O–H groups in total. The Morgan fingerprint density at radius 2 is 2.06 bits per heavy atom. The Morgan fingerprint density at radius 3 is 2.61 bits per heavy atom. The monoisotopic (exact) mass is 311 g/mol. The van der Waals surface area contributed by atoms with E-state index in [1.165, 1.54) is 19.3 Å². The zero-order chi connectivity index (χ0) is 13.3. The summed E-state index contributed by atoms with van der Waals surface area (Å²) in [6.45, 7) is 8.88. The van der Waals surface area contributed by atoms with Crippen LogP contribution in [0.25, 0.3) is 0 Å². The highest BCUT2D eigenvalue weighted by Crippen LogP contribution is 2.38. The molecule has 4 heteroatoms. The van der Waals surface area contributed by atoms with Crippen molar-refractivity contribution in [3.8, 4) is 0 Å². The van der Waals surface area contributed by atoms with Gasteiger partial charge in [0.2, 0.25) is 0 Å². The van der Waals surface area contributed by atoms with Crippen LogP contribution in [-0.4, -0.2) is 18.1 Å². The molecule has 0 unspecified atom stereocenters. The van der Waals surface area contributed by atoms with E-state index in [1.807, 2.05) is 6.92 Å². The maximum absolute atomic E-state index is 5.87. The Balaban J connectivity index is 2.18. The summed E-state index contributed by atoms with van der Waals surface area (Å²) >= 11 is 3.63. The van der Waals surface area contributed by atoms with Gasteiger partial charge in [0, 0.05) is 13.1 Å². The fourth-order valence-corrected chi connectivity index (χ4v) is 2.99. The Hall–Kier alpha value is -0.770. The number of piperidine rings is 1. The van der Waals surface area contributed by atoms with Crippen LogP contribution in [-0.2, 0) is 0 Å². The fraction of sp³-hybridized carbons (Fsp3) is 0.643. The van der Waals surface area contributed by atoms with Gasteiger partial charge in [0.1, 0.15) is 5.82 Å². The Bertz CT molecular complexity index is 437. The molecule has 0 bridgehead atoms. The highest BCUT2D eigenvalue weighted by molar-refractivity contribution is 9.10.